The van der Waals surface area contributed by atoms with Crippen LogP contribution in [0.4, 0.5) is 0 Å². The van der Waals surface area contributed by atoms with Crippen LogP contribution >= 0.6 is 0 Å². The lowest BCUT2D eigenvalue weighted by Gasteiger charge is -2.39. The molecule has 1 fully saturated rings. The van der Waals surface area contributed by atoms with Crippen molar-refractivity contribution in [3.05, 3.63) is 95.6 Å². The SMILES string of the molecule is COc1ccc(/C=C/C(=O)N2CCN(C(c3ccccc3)c3ccccc3)CC2)c(OC)c1OC. The number of ether oxygens (including phenoxy) is 3. The summed E-state index contributed by atoms with van der Waals surface area (Å²) in [5.74, 6) is 1.60. The molecule has 0 atom stereocenters. The third kappa shape index (κ3) is 5.49. The molecule has 4 rings (SSSR count). The van der Waals surface area contributed by atoms with Crippen molar-refractivity contribution >= 4 is 12.0 Å². The molecule has 1 heterocycles. The second-order valence-corrected chi connectivity index (χ2v) is 8.34. The molecule has 1 saturated heterocycles. The number of benzene rings is 3. The molecule has 0 unspecified atom stereocenters. The summed E-state index contributed by atoms with van der Waals surface area (Å²) in [7, 11) is 4.72. The average molecular weight is 473 g/mol. The smallest absolute Gasteiger partial charge is 0.246 e. The maximum absolute atomic E-state index is 13.0. The van der Waals surface area contributed by atoms with Gasteiger partial charge in [-0.3, -0.25) is 9.69 Å². The topological polar surface area (TPSA) is 51.2 Å². The van der Waals surface area contributed by atoms with E-state index in [0.29, 0.717) is 30.3 Å². The molecule has 3 aromatic rings. The largest absolute Gasteiger partial charge is 0.493 e. The first-order valence-electron chi connectivity index (χ1n) is 11.8. The van der Waals surface area contributed by atoms with Crippen LogP contribution in [0.15, 0.2) is 78.9 Å². The van der Waals surface area contributed by atoms with Gasteiger partial charge in [-0.2, -0.15) is 0 Å². The molecule has 35 heavy (non-hydrogen) atoms. The normalized spacial score (nSPS) is 14.3. The van der Waals surface area contributed by atoms with Crippen LogP contribution in [0.3, 0.4) is 0 Å². The van der Waals surface area contributed by atoms with Gasteiger partial charge >= 0.3 is 0 Å². The fraction of sp³-hybridized carbons (Fsp3) is 0.276. The van der Waals surface area contributed by atoms with Gasteiger partial charge < -0.3 is 19.1 Å². The molecule has 0 N–H and O–H groups in total. The Morgan fingerprint density at radius 1 is 0.743 bits per heavy atom. The third-order valence-electron chi connectivity index (χ3n) is 6.36. The van der Waals surface area contributed by atoms with Gasteiger partial charge in [0.25, 0.3) is 0 Å². The molecule has 0 spiro atoms. The van der Waals surface area contributed by atoms with E-state index in [1.807, 2.05) is 23.1 Å². The maximum atomic E-state index is 13.0. The minimum absolute atomic E-state index is 0.0162. The van der Waals surface area contributed by atoms with E-state index in [2.05, 4.69) is 53.4 Å². The van der Waals surface area contributed by atoms with Crippen LogP contribution in [0.5, 0.6) is 17.2 Å². The van der Waals surface area contributed by atoms with Gasteiger partial charge in [0.05, 0.1) is 27.4 Å². The molecular weight excluding hydrogens is 440 g/mol. The Kier molecular flexibility index (Phi) is 8.06. The van der Waals surface area contributed by atoms with E-state index < -0.39 is 0 Å². The molecule has 0 aliphatic carbocycles. The van der Waals surface area contributed by atoms with E-state index in [1.54, 1.807) is 39.5 Å². The fourth-order valence-electron chi connectivity index (χ4n) is 4.61. The average Bonchev–Trinajstić information content (AvgIpc) is 2.92. The summed E-state index contributed by atoms with van der Waals surface area (Å²) < 4.78 is 16.3. The van der Waals surface area contributed by atoms with Crippen molar-refractivity contribution in [1.29, 1.82) is 0 Å². The molecule has 1 amide bonds. The van der Waals surface area contributed by atoms with Gasteiger partial charge in [0.15, 0.2) is 11.5 Å². The Labute approximate surface area is 207 Å². The summed E-state index contributed by atoms with van der Waals surface area (Å²) >= 11 is 0. The van der Waals surface area contributed by atoms with Gasteiger partial charge in [-0.15, -0.1) is 0 Å². The van der Waals surface area contributed by atoms with Crippen LogP contribution in [-0.2, 0) is 4.79 Å². The van der Waals surface area contributed by atoms with Crippen LogP contribution in [-0.4, -0.2) is 63.2 Å². The molecule has 1 aliphatic rings. The number of carbonyl (C=O) groups is 1. The van der Waals surface area contributed by atoms with Crippen molar-refractivity contribution in [3.63, 3.8) is 0 Å². The summed E-state index contributed by atoms with van der Waals surface area (Å²) in [6.45, 7) is 2.94. The molecule has 3 aromatic carbocycles. The van der Waals surface area contributed by atoms with Gasteiger partial charge in [0.2, 0.25) is 11.7 Å². The minimum atomic E-state index is -0.0162. The van der Waals surface area contributed by atoms with E-state index >= 15 is 0 Å². The number of hydrogen-bond acceptors (Lipinski definition) is 5. The summed E-state index contributed by atoms with van der Waals surface area (Å²) in [6.07, 6.45) is 3.37. The molecular formula is C29H32N2O4. The summed E-state index contributed by atoms with van der Waals surface area (Å²) in [6, 6.07) is 24.9. The Balaban J connectivity index is 1.46. The Morgan fingerprint density at radius 3 is 1.83 bits per heavy atom. The van der Waals surface area contributed by atoms with Crippen LogP contribution in [0, 0.1) is 0 Å². The number of rotatable bonds is 8. The highest BCUT2D eigenvalue weighted by Gasteiger charge is 2.27. The van der Waals surface area contributed by atoms with Gasteiger partial charge in [-0.1, -0.05) is 60.7 Å². The second-order valence-electron chi connectivity index (χ2n) is 8.34. The maximum Gasteiger partial charge on any atom is 0.246 e. The van der Waals surface area contributed by atoms with Crippen LogP contribution in [0.1, 0.15) is 22.7 Å². The molecule has 1 aliphatic heterocycles. The molecule has 0 bridgehead atoms. The van der Waals surface area contributed by atoms with Gasteiger partial charge in [-0.25, -0.2) is 0 Å². The third-order valence-corrected chi connectivity index (χ3v) is 6.36. The Bertz CT molecular complexity index is 1100. The van der Waals surface area contributed by atoms with Crippen molar-refractivity contribution in [2.45, 2.75) is 6.04 Å². The number of piperazine rings is 1. The van der Waals surface area contributed by atoms with Crippen molar-refractivity contribution in [2.75, 3.05) is 47.5 Å². The molecule has 0 radical (unpaired) electrons. The predicted octanol–water partition coefficient (Wildman–Crippen LogP) is 4.66. The monoisotopic (exact) mass is 472 g/mol. The number of hydrogen-bond donors (Lipinski definition) is 0. The van der Waals surface area contributed by atoms with Gasteiger partial charge in [-0.05, 0) is 29.3 Å². The number of carbonyl (C=O) groups excluding carboxylic acids is 1. The minimum Gasteiger partial charge on any atom is -0.493 e. The highest BCUT2D eigenvalue weighted by molar-refractivity contribution is 5.92. The number of nitrogens with zero attached hydrogens (tertiary/aromatic N) is 2. The number of amides is 1. The quantitative estimate of drug-likeness (QED) is 0.447. The Morgan fingerprint density at radius 2 is 1.31 bits per heavy atom. The first-order valence-corrected chi connectivity index (χ1v) is 11.8. The standard InChI is InChI=1S/C29H32N2O4/c1-33-25-16-14-24(28(34-2)29(25)35-3)15-17-26(32)30-18-20-31(21-19-30)27(22-10-6-4-7-11-22)23-12-8-5-9-13-23/h4-17,27H,18-21H2,1-3H3/b17-15+. The van der Waals surface area contributed by atoms with Crippen molar-refractivity contribution in [3.8, 4) is 17.2 Å². The van der Waals surface area contributed by atoms with Crippen molar-refractivity contribution in [2.24, 2.45) is 0 Å². The van der Waals surface area contributed by atoms with Gasteiger partial charge in [0, 0.05) is 37.8 Å². The van der Waals surface area contributed by atoms with Crippen LogP contribution < -0.4 is 14.2 Å². The fourth-order valence-corrected chi connectivity index (χ4v) is 4.61. The summed E-state index contributed by atoms with van der Waals surface area (Å²) in [5, 5.41) is 0. The molecule has 0 saturated carbocycles. The van der Waals surface area contributed by atoms with Crippen molar-refractivity contribution in [1.82, 2.24) is 9.80 Å². The molecule has 6 nitrogen and oxygen atoms in total. The second kappa shape index (κ2) is 11.6. The lowest BCUT2D eigenvalue weighted by atomic mass is 9.96. The van der Waals surface area contributed by atoms with E-state index in [4.69, 9.17) is 14.2 Å². The molecule has 0 aromatic heterocycles. The Hall–Kier alpha value is -3.77. The highest BCUT2D eigenvalue weighted by Crippen LogP contribution is 2.40. The lowest BCUT2D eigenvalue weighted by Crippen LogP contribution is -2.49. The highest BCUT2D eigenvalue weighted by atomic mass is 16.5. The van der Waals surface area contributed by atoms with E-state index in [0.717, 1.165) is 18.7 Å². The van der Waals surface area contributed by atoms with E-state index in [1.165, 1.54) is 11.1 Å². The summed E-state index contributed by atoms with van der Waals surface area (Å²) in [5.41, 5.74) is 3.28. The summed E-state index contributed by atoms with van der Waals surface area (Å²) in [4.78, 5) is 17.3. The molecule has 6 heteroatoms. The van der Waals surface area contributed by atoms with Crippen LogP contribution in [0.25, 0.3) is 6.08 Å². The van der Waals surface area contributed by atoms with Crippen molar-refractivity contribution < 1.29 is 19.0 Å². The van der Waals surface area contributed by atoms with Crippen LogP contribution in [0.2, 0.25) is 0 Å². The number of methoxy groups -OCH3 is 3. The zero-order valence-corrected chi connectivity index (χ0v) is 20.5. The molecule has 182 valence electrons. The first-order chi connectivity index (χ1) is 17.2. The lowest BCUT2D eigenvalue weighted by molar-refractivity contribution is -0.127. The van der Waals surface area contributed by atoms with E-state index in [-0.39, 0.29) is 11.9 Å². The zero-order chi connectivity index (χ0) is 24.6. The van der Waals surface area contributed by atoms with Gasteiger partial charge in [0.1, 0.15) is 0 Å². The first kappa shape index (κ1) is 24.4. The predicted molar refractivity (Wildman–Crippen MR) is 138 cm³/mol. The zero-order valence-electron chi connectivity index (χ0n) is 20.5. The van der Waals surface area contributed by atoms with E-state index in [9.17, 15) is 4.79 Å².